The summed E-state index contributed by atoms with van der Waals surface area (Å²) in [6, 6.07) is -0.562. The first-order valence-electron chi connectivity index (χ1n) is 13.1. The Labute approximate surface area is 212 Å². The number of amides is 1. The van der Waals surface area contributed by atoms with Gasteiger partial charge in [0.2, 0.25) is 12.2 Å². The summed E-state index contributed by atoms with van der Waals surface area (Å²) in [5.41, 5.74) is 0.160. The second-order valence-electron chi connectivity index (χ2n) is 10.6. The number of unbranched alkanes of at least 4 members (excludes halogenated alkanes) is 3. The third-order valence-corrected chi connectivity index (χ3v) is 7.33. The lowest BCUT2D eigenvalue weighted by Gasteiger charge is -2.29. The number of hydrogen-bond acceptors (Lipinski definition) is 8. The molecule has 0 aromatic carbocycles. The topological polar surface area (TPSA) is 116 Å². The maximum Gasteiger partial charge on any atom is 0.305 e. The first-order valence-corrected chi connectivity index (χ1v) is 13.1. The fourth-order valence-electron chi connectivity index (χ4n) is 5.67. The Bertz CT molecular complexity index is 895. The van der Waals surface area contributed by atoms with Crippen molar-refractivity contribution >= 4 is 17.8 Å². The first kappa shape index (κ1) is 26.8. The Balaban J connectivity index is 1.35. The lowest BCUT2D eigenvalue weighted by atomic mass is 9.80. The van der Waals surface area contributed by atoms with Crippen molar-refractivity contribution in [2.45, 2.75) is 122 Å². The summed E-state index contributed by atoms with van der Waals surface area (Å²) in [6.07, 6.45) is 9.13. The van der Waals surface area contributed by atoms with E-state index in [9.17, 15) is 14.4 Å². The van der Waals surface area contributed by atoms with Crippen molar-refractivity contribution in [3.8, 4) is 0 Å². The molecule has 3 aliphatic heterocycles. The highest BCUT2D eigenvalue weighted by atomic mass is 16.8. The molecule has 9 heteroatoms. The van der Waals surface area contributed by atoms with Crippen LogP contribution in [0.4, 0.5) is 0 Å². The van der Waals surface area contributed by atoms with E-state index in [1.165, 1.54) is 45.6 Å². The van der Waals surface area contributed by atoms with Crippen LogP contribution in [0.25, 0.3) is 0 Å². The van der Waals surface area contributed by atoms with Crippen molar-refractivity contribution in [1.82, 2.24) is 5.32 Å². The molecule has 0 bridgehead atoms. The van der Waals surface area contributed by atoms with E-state index < -0.39 is 36.0 Å². The molecule has 200 valence electrons. The second kappa shape index (κ2) is 11.0. The SMILES string of the molecule is CCCCCCC(C)/C=C(C)/C=C/C(=O)NC1CC2(OC1OC(C)=O)C1OC1C(OC(C)=O)C1OC12. The number of rotatable bonds is 11. The summed E-state index contributed by atoms with van der Waals surface area (Å²) in [5.74, 6) is -0.743. The molecule has 0 aromatic rings. The van der Waals surface area contributed by atoms with Crippen LogP contribution in [0.3, 0.4) is 0 Å². The molecule has 1 N–H and O–H groups in total. The van der Waals surface area contributed by atoms with E-state index in [0.29, 0.717) is 12.3 Å². The van der Waals surface area contributed by atoms with Crippen LogP contribution in [0.5, 0.6) is 0 Å². The molecule has 1 spiro atoms. The number of esters is 2. The van der Waals surface area contributed by atoms with E-state index in [2.05, 4.69) is 25.2 Å². The van der Waals surface area contributed by atoms with Crippen LogP contribution in [-0.4, -0.2) is 66.3 Å². The number of carbonyl (C=O) groups excluding carboxylic acids is 3. The van der Waals surface area contributed by atoms with Gasteiger partial charge in [0.1, 0.15) is 30.0 Å². The van der Waals surface area contributed by atoms with Gasteiger partial charge in [0.25, 0.3) is 0 Å². The Morgan fingerprint density at radius 2 is 1.67 bits per heavy atom. The van der Waals surface area contributed by atoms with E-state index in [0.717, 1.165) is 12.0 Å². The average Bonchev–Trinajstić information content (AvgIpc) is 3.71. The summed E-state index contributed by atoms with van der Waals surface area (Å²) in [7, 11) is 0. The molecule has 3 heterocycles. The van der Waals surface area contributed by atoms with E-state index >= 15 is 0 Å². The summed E-state index contributed by atoms with van der Waals surface area (Å²) >= 11 is 0. The number of carbonyl (C=O) groups is 3. The van der Waals surface area contributed by atoms with Gasteiger partial charge in [-0.3, -0.25) is 14.4 Å². The molecule has 1 saturated carbocycles. The third-order valence-electron chi connectivity index (χ3n) is 7.33. The molecule has 7 atom stereocenters. The standard InChI is InChI=1S/C27H39NO8/c1-6-7-8-9-10-15(2)13-16(3)11-12-20(31)28-19-14-27(36-26(19)33-18(5)30)24-22(34-24)21(32-17(4)29)23-25(27)35-23/h11-13,15,19,21-26H,6-10,14H2,1-5H3,(H,28,31)/b12-11+,16-13+. The minimum atomic E-state index is -0.959. The van der Waals surface area contributed by atoms with Crippen LogP contribution < -0.4 is 5.32 Å². The summed E-state index contributed by atoms with van der Waals surface area (Å²) < 4.78 is 28.7. The molecule has 0 aromatic heterocycles. The smallest absolute Gasteiger partial charge is 0.305 e. The highest BCUT2D eigenvalue weighted by Crippen LogP contribution is 2.59. The van der Waals surface area contributed by atoms with Gasteiger partial charge < -0.3 is 29.0 Å². The molecular weight excluding hydrogens is 466 g/mol. The first-order chi connectivity index (χ1) is 17.1. The predicted octanol–water partition coefficient (Wildman–Crippen LogP) is 3.11. The van der Waals surface area contributed by atoms with Gasteiger partial charge in [-0.25, -0.2) is 0 Å². The Kier molecular flexibility index (Phi) is 8.22. The van der Waals surface area contributed by atoms with Gasteiger partial charge in [-0.05, 0) is 19.3 Å². The minimum absolute atomic E-state index is 0.295. The fourth-order valence-corrected chi connectivity index (χ4v) is 5.67. The van der Waals surface area contributed by atoms with Gasteiger partial charge in [-0.15, -0.1) is 0 Å². The zero-order valence-electron chi connectivity index (χ0n) is 21.9. The van der Waals surface area contributed by atoms with Crippen LogP contribution in [0.2, 0.25) is 0 Å². The number of nitrogens with one attached hydrogen (secondary N) is 1. The lowest BCUT2D eigenvalue weighted by Crippen LogP contribution is -2.51. The van der Waals surface area contributed by atoms with Crippen LogP contribution in [-0.2, 0) is 38.1 Å². The quantitative estimate of drug-likeness (QED) is 0.150. The van der Waals surface area contributed by atoms with Crippen molar-refractivity contribution in [3.63, 3.8) is 0 Å². The van der Waals surface area contributed by atoms with Crippen LogP contribution in [0.15, 0.2) is 23.8 Å². The van der Waals surface area contributed by atoms with Gasteiger partial charge in [-0.2, -0.15) is 0 Å². The molecule has 9 nitrogen and oxygen atoms in total. The molecule has 1 amide bonds. The van der Waals surface area contributed by atoms with E-state index in [1.807, 2.05) is 6.92 Å². The predicted molar refractivity (Wildman–Crippen MR) is 130 cm³/mol. The number of hydrogen-bond donors (Lipinski definition) is 1. The highest BCUT2D eigenvalue weighted by molar-refractivity contribution is 5.88. The molecule has 36 heavy (non-hydrogen) atoms. The second-order valence-corrected chi connectivity index (χ2v) is 10.6. The summed E-state index contributed by atoms with van der Waals surface area (Å²) in [4.78, 5) is 35.9. The zero-order chi connectivity index (χ0) is 26.0. The van der Waals surface area contributed by atoms with Crippen molar-refractivity contribution in [1.29, 1.82) is 0 Å². The zero-order valence-corrected chi connectivity index (χ0v) is 21.9. The largest absolute Gasteiger partial charge is 0.457 e. The maximum absolute atomic E-state index is 12.8. The molecule has 4 aliphatic rings. The van der Waals surface area contributed by atoms with Crippen molar-refractivity contribution in [3.05, 3.63) is 23.8 Å². The van der Waals surface area contributed by atoms with Crippen molar-refractivity contribution in [2.24, 2.45) is 5.92 Å². The number of fused-ring (bicyclic) bond motifs is 4. The number of ether oxygens (including phenoxy) is 5. The molecule has 4 rings (SSSR count). The normalized spacial score (nSPS) is 37.2. The maximum atomic E-state index is 12.8. The van der Waals surface area contributed by atoms with Crippen molar-refractivity contribution < 1.29 is 38.1 Å². The van der Waals surface area contributed by atoms with E-state index in [-0.39, 0.29) is 30.3 Å². The van der Waals surface area contributed by atoms with E-state index in [4.69, 9.17) is 23.7 Å². The van der Waals surface area contributed by atoms with Crippen LogP contribution >= 0.6 is 0 Å². The third kappa shape index (κ3) is 6.01. The average molecular weight is 506 g/mol. The Morgan fingerprint density at radius 3 is 2.28 bits per heavy atom. The summed E-state index contributed by atoms with van der Waals surface area (Å²) in [5, 5.41) is 2.93. The number of epoxide rings is 2. The molecular formula is C27H39NO8. The van der Waals surface area contributed by atoms with Crippen LogP contribution in [0, 0.1) is 5.92 Å². The van der Waals surface area contributed by atoms with Gasteiger partial charge in [0.15, 0.2) is 6.10 Å². The van der Waals surface area contributed by atoms with Crippen LogP contribution in [0.1, 0.15) is 73.1 Å². The summed E-state index contributed by atoms with van der Waals surface area (Å²) in [6.45, 7) is 9.04. The minimum Gasteiger partial charge on any atom is -0.457 e. The van der Waals surface area contributed by atoms with Gasteiger partial charge in [0.05, 0.1) is 6.04 Å². The fraction of sp³-hybridized carbons (Fsp3) is 0.741. The van der Waals surface area contributed by atoms with Gasteiger partial charge >= 0.3 is 11.9 Å². The highest BCUT2D eigenvalue weighted by Gasteiger charge is 2.80. The van der Waals surface area contributed by atoms with Gasteiger partial charge in [-0.1, -0.05) is 57.3 Å². The van der Waals surface area contributed by atoms with Crippen molar-refractivity contribution in [2.75, 3.05) is 0 Å². The molecule has 4 fully saturated rings. The van der Waals surface area contributed by atoms with Gasteiger partial charge in [0, 0.05) is 26.3 Å². The monoisotopic (exact) mass is 505 g/mol. The Morgan fingerprint density at radius 1 is 1.00 bits per heavy atom. The molecule has 0 radical (unpaired) electrons. The lowest BCUT2D eigenvalue weighted by molar-refractivity contribution is -0.196. The molecule has 1 aliphatic carbocycles. The Hall–Kier alpha value is -2.23. The number of allylic oxidation sites excluding steroid dienone is 3. The molecule has 7 unspecified atom stereocenters. The van der Waals surface area contributed by atoms with E-state index in [1.54, 1.807) is 6.08 Å². The molecule has 3 saturated heterocycles.